The van der Waals surface area contributed by atoms with Crippen LogP contribution in [0.2, 0.25) is 0 Å². The molecule has 132 valence electrons. The first-order valence-corrected chi connectivity index (χ1v) is 8.05. The fraction of sp³-hybridized carbons (Fsp3) is 0.286. The number of allylic oxidation sites excluding steroid dienone is 1. The standard InChI is InChI=1S/C21H24O4/c1-21(2,3)17-11-13-19(24-4)16(20(17)25-5)10-12-18(23)14-6-8-15(22)9-7-14/h6-13,22H,1-5H3/b12-10+. The first-order chi connectivity index (χ1) is 11.8. The number of hydrogen-bond donors (Lipinski definition) is 1. The van der Waals surface area contributed by atoms with Gasteiger partial charge in [-0.3, -0.25) is 4.79 Å². The summed E-state index contributed by atoms with van der Waals surface area (Å²) in [6.45, 7) is 6.31. The van der Waals surface area contributed by atoms with Gasteiger partial charge in [0.15, 0.2) is 5.78 Å². The van der Waals surface area contributed by atoms with Gasteiger partial charge < -0.3 is 14.6 Å². The molecule has 0 aliphatic carbocycles. The van der Waals surface area contributed by atoms with Crippen molar-refractivity contribution in [1.29, 1.82) is 0 Å². The van der Waals surface area contributed by atoms with Gasteiger partial charge in [-0.25, -0.2) is 0 Å². The topological polar surface area (TPSA) is 55.8 Å². The van der Waals surface area contributed by atoms with Crippen LogP contribution in [0.25, 0.3) is 6.08 Å². The minimum atomic E-state index is -0.162. The second-order valence-electron chi connectivity index (χ2n) is 6.76. The van der Waals surface area contributed by atoms with Gasteiger partial charge in [-0.15, -0.1) is 0 Å². The molecule has 0 amide bonds. The van der Waals surface area contributed by atoms with Crippen LogP contribution < -0.4 is 9.47 Å². The lowest BCUT2D eigenvalue weighted by atomic mass is 9.85. The Bertz CT molecular complexity index is 781. The van der Waals surface area contributed by atoms with Crippen LogP contribution in [-0.4, -0.2) is 25.1 Å². The van der Waals surface area contributed by atoms with E-state index < -0.39 is 0 Å². The van der Waals surface area contributed by atoms with Gasteiger partial charge in [0.25, 0.3) is 0 Å². The van der Waals surface area contributed by atoms with Crippen molar-refractivity contribution in [3.8, 4) is 17.2 Å². The minimum absolute atomic E-state index is 0.110. The predicted octanol–water partition coefficient (Wildman–Crippen LogP) is 4.60. The van der Waals surface area contributed by atoms with Crippen LogP contribution in [0.15, 0.2) is 42.5 Å². The van der Waals surface area contributed by atoms with Crippen molar-refractivity contribution in [3.63, 3.8) is 0 Å². The third kappa shape index (κ3) is 4.21. The number of phenolic OH excluding ortho intramolecular Hbond substituents is 1. The predicted molar refractivity (Wildman–Crippen MR) is 99.7 cm³/mol. The van der Waals surface area contributed by atoms with E-state index in [1.165, 1.54) is 18.2 Å². The Balaban J connectivity index is 2.46. The van der Waals surface area contributed by atoms with Gasteiger partial charge >= 0.3 is 0 Å². The molecule has 0 spiro atoms. The Morgan fingerprint density at radius 1 is 1.00 bits per heavy atom. The van der Waals surface area contributed by atoms with Gasteiger partial charge in [0.05, 0.1) is 19.8 Å². The van der Waals surface area contributed by atoms with Crippen molar-refractivity contribution in [1.82, 2.24) is 0 Å². The summed E-state index contributed by atoms with van der Waals surface area (Å²) < 4.78 is 11.1. The van der Waals surface area contributed by atoms with Gasteiger partial charge in [0.1, 0.15) is 17.2 Å². The van der Waals surface area contributed by atoms with Gasteiger partial charge in [0.2, 0.25) is 0 Å². The summed E-state index contributed by atoms with van der Waals surface area (Å²) in [7, 11) is 3.20. The van der Waals surface area contributed by atoms with E-state index in [9.17, 15) is 9.90 Å². The highest BCUT2D eigenvalue weighted by Gasteiger charge is 2.22. The lowest BCUT2D eigenvalue weighted by Gasteiger charge is -2.24. The number of aromatic hydroxyl groups is 1. The second kappa shape index (κ2) is 7.43. The Morgan fingerprint density at radius 2 is 1.64 bits per heavy atom. The summed E-state index contributed by atoms with van der Waals surface area (Å²) in [5.74, 6) is 1.30. The largest absolute Gasteiger partial charge is 0.508 e. The van der Waals surface area contributed by atoms with Crippen LogP contribution in [0.3, 0.4) is 0 Å². The van der Waals surface area contributed by atoms with Crippen molar-refractivity contribution in [2.45, 2.75) is 26.2 Å². The zero-order chi connectivity index (χ0) is 18.6. The molecular weight excluding hydrogens is 316 g/mol. The number of carbonyl (C=O) groups is 1. The maximum absolute atomic E-state index is 12.4. The van der Waals surface area contributed by atoms with E-state index in [-0.39, 0.29) is 16.9 Å². The molecule has 0 fully saturated rings. The molecule has 0 saturated carbocycles. The molecule has 25 heavy (non-hydrogen) atoms. The van der Waals surface area contributed by atoms with Crippen molar-refractivity contribution < 1.29 is 19.4 Å². The third-order valence-corrected chi connectivity index (χ3v) is 3.94. The molecule has 1 N–H and O–H groups in total. The fourth-order valence-electron chi connectivity index (χ4n) is 2.61. The van der Waals surface area contributed by atoms with Crippen molar-refractivity contribution in [2.24, 2.45) is 0 Å². The third-order valence-electron chi connectivity index (χ3n) is 3.94. The van der Waals surface area contributed by atoms with Gasteiger partial charge in [-0.05, 0) is 47.9 Å². The molecule has 0 saturated heterocycles. The molecule has 0 unspecified atom stereocenters. The number of phenols is 1. The number of benzene rings is 2. The zero-order valence-corrected chi connectivity index (χ0v) is 15.3. The average molecular weight is 340 g/mol. The Kier molecular flexibility index (Phi) is 5.52. The average Bonchev–Trinajstić information content (AvgIpc) is 2.58. The van der Waals surface area contributed by atoms with Crippen molar-refractivity contribution in [2.75, 3.05) is 14.2 Å². The van der Waals surface area contributed by atoms with E-state index in [1.54, 1.807) is 32.4 Å². The van der Waals surface area contributed by atoms with Gasteiger partial charge in [-0.1, -0.05) is 26.8 Å². The highest BCUT2D eigenvalue weighted by Crippen LogP contribution is 2.39. The quantitative estimate of drug-likeness (QED) is 0.638. The molecule has 4 heteroatoms. The van der Waals surface area contributed by atoms with Crippen LogP contribution in [0, 0.1) is 0 Å². The molecule has 0 heterocycles. The SMILES string of the molecule is COc1ccc(C(C)(C)C)c(OC)c1/C=C/C(=O)c1ccc(O)cc1. The van der Waals surface area contributed by atoms with Gasteiger partial charge in [0, 0.05) is 11.1 Å². The molecule has 2 aromatic rings. The molecule has 2 aromatic carbocycles. The maximum Gasteiger partial charge on any atom is 0.185 e. The summed E-state index contributed by atoms with van der Waals surface area (Å²) in [6.07, 6.45) is 3.20. The zero-order valence-electron chi connectivity index (χ0n) is 15.3. The van der Waals surface area contributed by atoms with E-state index >= 15 is 0 Å². The summed E-state index contributed by atoms with van der Waals surface area (Å²) in [6, 6.07) is 10.0. The summed E-state index contributed by atoms with van der Waals surface area (Å²) in [5.41, 5.74) is 2.15. The number of ether oxygens (including phenoxy) is 2. The lowest BCUT2D eigenvalue weighted by Crippen LogP contribution is -2.13. The molecule has 0 atom stereocenters. The fourth-order valence-corrected chi connectivity index (χ4v) is 2.61. The normalized spacial score (nSPS) is 11.6. The Hall–Kier alpha value is -2.75. The Labute approximate surface area is 148 Å². The molecule has 0 radical (unpaired) electrons. The molecule has 2 rings (SSSR count). The Morgan fingerprint density at radius 3 is 2.16 bits per heavy atom. The highest BCUT2D eigenvalue weighted by atomic mass is 16.5. The van der Waals surface area contributed by atoms with Crippen LogP contribution in [-0.2, 0) is 5.41 Å². The van der Waals surface area contributed by atoms with Crippen molar-refractivity contribution in [3.05, 3.63) is 59.2 Å². The lowest BCUT2D eigenvalue weighted by molar-refractivity contribution is 0.104. The molecule has 0 bridgehead atoms. The number of rotatable bonds is 5. The smallest absolute Gasteiger partial charge is 0.185 e. The first-order valence-electron chi connectivity index (χ1n) is 8.05. The minimum Gasteiger partial charge on any atom is -0.508 e. The van der Waals surface area contributed by atoms with Crippen LogP contribution in [0.1, 0.15) is 42.3 Å². The van der Waals surface area contributed by atoms with E-state index in [0.717, 1.165) is 11.1 Å². The summed E-state index contributed by atoms with van der Waals surface area (Å²) in [4.78, 5) is 12.4. The number of carbonyl (C=O) groups excluding carboxylic acids is 1. The van der Waals surface area contributed by atoms with Crippen molar-refractivity contribution >= 4 is 11.9 Å². The number of hydrogen-bond acceptors (Lipinski definition) is 4. The van der Waals surface area contributed by atoms with E-state index in [1.807, 2.05) is 12.1 Å². The molecular formula is C21H24O4. The summed E-state index contributed by atoms with van der Waals surface area (Å²) >= 11 is 0. The van der Waals surface area contributed by atoms with Crippen LogP contribution in [0.4, 0.5) is 0 Å². The first kappa shape index (κ1) is 18.6. The molecule has 4 nitrogen and oxygen atoms in total. The van der Waals surface area contributed by atoms with Crippen LogP contribution in [0.5, 0.6) is 17.2 Å². The molecule has 0 aliphatic heterocycles. The monoisotopic (exact) mass is 340 g/mol. The van der Waals surface area contributed by atoms with E-state index in [0.29, 0.717) is 17.1 Å². The molecule has 0 aromatic heterocycles. The van der Waals surface area contributed by atoms with E-state index in [4.69, 9.17) is 9.47 Å². The maximum atomic E-state index is 12.4. The van der Waals surface area contributed by atoms with Gasteiger partial charge in [-0.2, -0.15) is 0 Å². The summed E-state index contributed by atoms with van der Waals surface area (Å²) in [5, 5.41) is 9.33. The molecule has 0 aliphatic rings. The number of ketones is 1. The van der Waals surface area contributed by atoms with E-state index in [2.05, 4.69) is 20.8 Å². The number of methoxy groups -OCH3 is 2. The highest BCUT2D eigenvalue weighted by molar-refractivity contribution is 6.07. The van der Waals surface area contributed by atoms with Crippen LogP contribution >= 0.6 is 0 Å². The second-order valence-corrected chi connectivity index (χ2v) is 6.76.